The fraction of sp³-hybridized carbons (Fsp3) is 0.429. The van der Waals surface area contributed by atoms with Crippen LogP contribution in [-0.2, 0) is 9.53 Å². The van der Waals surface area contributed by atoms with Crippen molar-refractivity contribution in [2.24, 2.45) is 11.7 Å². The predicted molar refractivity (Wildman–Crippen MR) is 80.2 cm³/mol. The van der Waals surface area contributed by atoms with E-state index in [1.54, 1.807) is 0 Å². The number of nitrogens with zero attached hydrogens (tertiary/aromatic N) is 1. The van der Waals surface area contributed by atoms with Crippen LogP contribution in [0.15, 0.2) is 18.3 Å². The maximum absolute atomic E-state index is 12.2. The van der Waals surface area contributed by atoms with Gasteiger partial charge in [0.2, 0.25) is 5.91 Å². The number of ether oxygens (including phenoxy) is 1. The van der Waals surface area contributed by atoms with Crippen molar-refractivity contribution in [2.75, 3.05) is 12.4 Å². The van der Waals surface area contributed by atoms with E-state index in [-0.39, 0.29) is 11.6 Å². The Morgan fingerprint density at radius 3 is 2.45 bits per heavy atom. The van der Waals surface area contributed by atoms with Gasteiger partial charge < -0.3 is 21.1 Å². The van der Waals surface area contributed by atoms with Gasteiger partial charge in [0, 0.05) is 0 Å². The molecule has 3 amide bonds. The van der Waals surface area contributed by atoms with Gasteiger partial charge in [-0.1, -0.05) is 13.8 Å². The summed E-state index contributed by atoms with van der Waals surface area (Å²) in [5.41, 5.74) is 5.59. The molecule has 0 bridgehead atoms. The third kappa shape index (κ3) is 5.39. The van der Waals surface area contributed by atoms with Crippen molar-refractivity contribution in [3.8, 4) is 0 Å². The van der Waals surface area contributed by atoms with Gasteiger partial charge in [0.15, 0.2) is 0 Å². The van der Waals surface area contributed by atoms with Gasteiger partial charge >= 0.3 is 6.09 Å². The van der Waals surface area contributed by atoms with Crippen LogP contribution in [0.3, 0.4) is 0 Å². The summed E-state index contributed by atoms with van der Waals surface area (Å²) < 4.78 is 4.51. The topological polar surface area (TPSA) is 123 Å². The van der Waals surface area contributed by atoms with E-state index in [4.69, 9.17) is 5.73 Å². The van der Waals surface area contributed by atoms with Gasteiger partial charge in [0.25, 0.3) is 5.91 Å². The highest BCUT2D eigenvalue weighted by atomic mass is 16.5. The number of hydrogen-bond donors (Lipinski definition) is 3. The molecule has 0 aliphatic heterocycles. The Hall–Kier alpha value is -2.64. The van der Waals surface area contributed by atoms with Crippen LogP contribution in [0.25, 0.3) is 0 Å². The number of methoxy groups -OCH3 is 1. The maximum Gasteiger partial charge on any atom is 0.407 e. The lowest BCUT2D eigenvalue weighted by Crippen LogP contribution is -2.44. The largest absolute Gasteiger partial charge is 0.453 e. The van der Waals surface area contributed by atoms with Crippen molar-refractivity contribution in [1.82, 2.24) is 10.3 Å². The number of nitrogens with one attached hydrogen (secondary N) is 2. The van der Waals surface area contributed by atoms with Crippen LogP contribution < -0.4 is 16.4 Å². The van der Waals surface area contributed by atoms with Crippen LogP contribution in [-0.4, -0.2) is 36.0 Å². The lowest BCUT2D eigenvalue weighted by molar-refractivity contribution is -0.118. The minimum atomic E-state index is -0.733. The molecule has 1 atom stereocenters. The Morgan fingerprint density at radius 1 is 1.32 bits per heavy atom. The standard InChI is InChI=1S/C14H20N4O4/c1-8(2)6-11(18-14(21)22-3)13(20)17-9-4-5-10(12(15)19)16-7-9/h4-5,7-8,11H,6H2,1-3H3,(H2,15,19)(H,17,20)(H,18,21)/t11-/m1/s1. The number of carbonyl (C=O) groups is 3. The normalized spacial score (nSPS) is 11.6. The van der Waals surface area contributed by atoms with Gasteiger partial charge in [0.1, 0.15) is 11.7 Å². The third-order valence-corrected chi connectivity index (χ3v) is 2.78. The second kappa shape index (κ2) is 7.96. The molecule has 4 N–H and O–H groups in total. The zero-order valence-corrected chi connectivity index (χ0v) is 12.8. The number of pyridine rings is 1. The van der Waals surface area contributed by atoms with E-state index in [1.807, 2.05) is 13.8 Å². The molecule has 1 aromatic rings. The summed E-state index contributed by atoms with van der Waals surface area (Å²) in [6.45, 7) is 3.87. The zero-order chi connectivity index (χ0) is 16.7. The number of hydrogen-bond acceptors (Lipinski definition) is 5. The molecule has 0 radical (unpaired) electrons. The van der Waals surface area contributed by atoms with Crippen LogP contribution in [0.5, 0.6) is 0 Å². The summed E-state index contributed by atoms with van der Waals surface area (Å²) in [6, 6.07) is 2.18. The van der Waals surface area contributed by atoms with Crippen LogP contribution in [0.2, 0.25) is 0 Å². The van der Waals surface area contributed by atoms with E-state index >= 15 is 0 Å². The Morgan fingerprint density at radius 2 is 2.00 bits per heavy atom. The molecule has 0 aliphatic carbocycles. The van der Waals surface area contributed by atoms with Gasteiger partial charge in [-0.2, -0.15) is 0 Å². The van der Waals surface area contributed by atoms with Gasteiger partial charge in [-0.15, -0.1) is 0 Å². The second-order valence-corrected chi connectivity index (χ2v) is 5.10. The van der Waals surface area contributed by atoms with Crippen LogP contribution in [0.4, 0.5) is 10.5 Å². The van der Waals surface area contributed by atoms with Crippen LogP contribution in [0, 0.1) is 5.92 Å². The fourth-order valence-electron chi connectivity index (χ4n) is 1.75. The number of anilines is 1. The average Bonchev–Trinajstić information content (AvgIpc) is 2.46. The van der Waals surface area contributed by atoms with Gasteiger partial charge in [-0.25, -0.2) is 9.78 Å². The lowest BCUT2D eigenvalue weighted by atomic mass is 10.0. The maximum atomic E-state index is 12.2. The van der Waals surface area contributed by atoms with E-state index in [0.717, 1.165) is 0 Å². The van der Waals surface area contributed by atoms with E-state index in [0.29, 0.717) is 12.1 Å². The molecule has 1 rings (SSSR count). The summed E-state index contributed by atoms with van der Waals surface area (Å²) in [5.74, 6) is -0.848. The number of nitrogens with two attached hydrogens (primary N) is 1. The van der Waals surface area contributed by atoms with Gasteiger partial charge in [-0.3, -0.25) is 9.59 Å². The minimum Gasteiger partial charge on any atom is -0.453 e. The van der Waals surface area contributed by atoms with Crippen molar-refractivity contribution in [3.63, 3.8) is 0 Å². The molecule has 1 aromatic heterocycles. The Bertz CT molecular complexity index is 542. The molecular formula is C14H20N4O4. The first-order chi connectivity index (χ1) is 10.3. The Labute approximate surface area is 128 Å². The Kier molecular flexibility index (Phi) is 6.30. The first-order valence-corrected chi connectivity index (χ1v) is 6.74. The molecule has 8 nitrogen and oxygen atoms in total. The molecule has 0 spiro atoms. The smallest absolute Gasteiger partial charge is 0.407 e. The van der Waals surface area contributed by atoms with Gasteiger partial charge in [0.05, 0.1) is 19.0 Å². The molecule has 0 saturated carbocycles. The van der Waals surface area contributed by atoms with Crippen molar-refractivity contribution >= 4 is 23.6 Å². The van der Waals surface area contributed by atoms with E-state index in [1.165, 1.54) is 25.4 Å². The number of rotatable bonds is 6. The van der Waals surface area contributed by atoms with Crippen molar-refractivity contribution in [2.45, 2.75) is 26.3 Å². The zero-order valence-electron chi connectivity index (χ0n) is 12.8. The average molecular weight is 308 g/mol. The molecule has 0 saturated heterocycles. The molecule has 0 aromatic carbocycles. The highest BCUT2D eigenvalue weighted by Gasteiger charge is 2.22. The summed E-state index contributed by atoms with van der Waals surface area (Å²) in [4.78, 5) is 38.3. The fourth-order valence-corrected chi connectivity index (χ4v) is 1.75. The molecule has 120 valence electrons. The number of alkyl carbamates (subject to hydrolysis) is 1. The highest BCUT2D eigenvalue weighted by molar-refractivity contribution is 5.97. The highest BCUT2D eigenvalue weighted by Crippen LogP contribution is 2.10. The molecule has 8 heteroatoms. The molecule has 0 unspecified atom stereocenters. The number of amides is 3. The number of aromatic nitrogens is 1. The van der Waals surface area contributed by atoms with Crippen molar-refractivity contribution in [1.29, 1.82) is 0 Å². The second-order valence-electron chi connectivity index (χ2n) is 5.10. The third-order valence-electron chi connectivity index (χ3n) is 2.78. The first kappa shape index (κ1) is 17.4. The minimum absolute atomic E-state index is 0.101. The van der Waals surface area contributed by atoms with Crippen LogP contribution in [0.1, 0.15) is 30.8 Å². The number of carbonyl (C=O) groups excluding carboxylic acids is 3. The van der Waals surface area contributed by atoms with Crippen molar-refractivity contribution < 1.29 is 19.1 Å². The Balaban J connectivity index is 2.76. The van der Waals surface area contributed by atoms with E-state index in [2.05, 4.69) is 20.4 Å². The van der Waals surface area contributed by atoms with E-state index in [9.17, 15) is 14.4 Å². The van der Waals surface area contributed by atoms with Crippen LogP contribution >= 0.6 is 0 Å². The lowest BCUT2D eigenvalue weighted by Gasteiger charge is -2.19. The molecule has 22 heavy (non-hydrogen) atoms. The molecule has 0 fully saturated rings. The quantitative estimate of drug-likeness (QED) is 0.720. The summed E-state index contributed by atoms with van der Waals surface area (Å²) in [6.07, 6.45) is 1.10. The summed E-state index contributed by atoms with van der Waals surface area (Å²) in [7, 11) is 1.23. The monoisotopic (exact) mass is 308 g/mol. The number of primary amides is 1. The van der Waals surface area contributed by atoms with Crippen molar-refractivity contribution in [3.05, 3.63) is 24.0 Å². The summed E-state index contributed by atoms with van der Waals surface area (Å²) >= 11 is 0. The van der Waals surface area contributed by atoms with E-state index < -0.39 is 23.9 Å². The molecular weight excluding hydrogens is 288 g/mol. The SMILES string of the molecule is COC(=O)N[C@H](CC(C)C)C(=O)Nc1ccc(C(N)=O)nc1. The van der Waals surface area contributed by atoms with Gasteiger partial charge in [-0.05, 0) is 24.5 Å². The predicted octanol–water partition coefficient (Wildman–Crippen LogP) is 0.890. The first-order valence-electron chi connectivity index (χ1n) is 6.74. The molecule has 1 heterocycles. The summed E-state index contributed by atoms with van der Waals surface area (Å²) in [5, 5.41) is 5.10. The molecule has 0 aliphatic rings.